The number of nitrogens with one attached hydrogen (secondary N) is 2. The molecule has 0 aliphatic heterocycles. The van der Waals surface area contributed by atoms with Gasteiger partial charge in [0.1, 0.15) is 18.3 Å². The Kier molecular flexibility index (Phi) is 6.60. The number of aliphatic imine (C=N–C) groups is 1. The molecule has 0 saturated heterocycles. The highest BCUT2D eigenvalue weighted by atomic mass is 19.1. The lowest BCUT2D eigenvalue weighted by Gasteiger charge is -2.09. The van der Waals surface area contributed by atoms with Crippen molar-refractivity contribution in [3.63, 3.8) is 0 Å². The number of halogens is 1. The number of guanidine groups is 1. The van der Waals surface area contributed by atoms with Crippen LogP contribution in [-0.4, -0.2) is 29.5 Å². The van der Waals surface area contributed by atoms with Gasteiger partial charge in [-0.2, -0.15) is 0 Å². The molecule has 0 aliphatic rings. The van der Waals surface area contributed by atoms with E-state index < -0.39 is 0 Å². The topological polar surface area (TPSA) is 88.5 Å². The van der Waals surface area contributed by atoms with Gasteiger partial charge in [0.25, 0.3) is 0 Å². The number of benzene rings is 2. The SMILES string of the molecule is CN=C(NCCc1coc(-c2ccc(F)cc2)n1)NCc1coc(-c2ccc(C)cc2)n1. The molecule has 164 valence electrons. The Morgan fingerprint density at radius 3 is 2.12 bits per heavy atom. The molecule has 4 aromatic rings. The van der Waals surface area contributed by atoms with Crippen molar-refractivity contribution in [3.8, 4) is 22.9 Å². The van der Waals surface area contributed by atoms with E-state index in [4.69, 9.17) is 8.83 Å². The lowest BCUT2D eigenvalue weighted by atomic mass is 10.1. The number of aromatic nitrogens is 2. The molecule has 0 fully saturated rings. The fraction of sp³-hybridized carbons (Fsp3) is 0.208. The van der Waals surface area contributed by atoms with E-state index in [-0.39, 0.29) is 5.82 Å². The summed E-state index contributed by atoms with van der Waals surface area (Å²) in [5.74, 6) is 1.42. The second kappa shape index (κ2) is 9.91. The second-order valence-corrected chi connectivity index (χ2v) is 7.26. The molecule has 0 aliphatic carbocycles. The van der Waals surface area contributed by atoms with E-state index in [0.29, 0.717) is 37.3 Å². The number of hydrogen-bond donors (Lipinski definition) is 2. The summed E-state index contributed by atoms with van der Waals surface area (Å²) in [4.78, 5) is 13.2. The van der Waals surface area contributed by atoms with Gasteiger partial charge in [0.2, 0.25) is 11.8 Å². The normalized spacial score (nSPS) is 11.5. The van der Waals surface area contributed by atoms with Gasteiger partial charge < -0.3 is 19.5 Å². The van der Waals surface area contributed by atoms with E-state index in [1.165, 1.54) is 17.7 Å². The summed E-state index contributed by atoms with van der Waals surface area (Å²) >= 11 is 0. The van der Waals surface area contributed by atoms with Gasteiger partial charge in [-0.05, 0) is 43.3 Å². The van der Waals surface area contributed by atoms with Gasteiger partial charge in [-0.1, -0.05) is 17.7 Å². The molecule has 2 N–H and O–H groups in total. The van der Waals surface area contributed by atoms with Gasteiger partial charge in [0.05, 0.1) is 17.9 Å². The van der Waals surface area contributed by atoms with Crippen LogP contribution in [0.5, 0.6) is 0 Å². The minimum absolute atomic E-state index is 0.291. The molecule has 0 radical (unpaired) electrons. The van der Waals surface area contributed by atoms with E-state index >= 15 is 0 Å². The molecule has 0 spiro atoms. The summed E-state index contributed by atoms with van der Waals surface area (Å²) in [6, 6.07) is 14.1. The number of hydrogen-bond acceptors (Lipinski definition) is 5. The molecule has 32 heavy (non-hydrogen) atoms. The van der Waals surface area contributed by atoms with E-state index in [1.807, 2.05) is 31.2 Å². The molecular weight excluding hydrogens is 409 g/mol. The van der Waals surface area contributed by atoms with Crippen molar-refractivity contribution in [1.82, 2.24) is 20.6 Å². The third-order valence-electron chi connectivity index (χ3n) is 4.83. The molecule has 2 aromatic heterocycles. The zero-order valence-electron chi connectivity index (χ0n) is 17.9. The number of rotatable bonds is 7. The Bertz CT molecular complexity index is 1180. The summed E-state index contributed by atoms with van der Waals surface area (Å²) in [5, 5.41) is 6.46. The van der Waals surface area contributed by atoms with Gasteiger partial charge in [0, 0.05) is 31.1 Å². The van der Waals surface area contributed by atoms with E-state index in [0.717, 1.165) is 22.5 Å². The quantitative estimate of drug-likeness (QED) is 0.333. The first kappa shape index (κ1) is 21.3. The summed E-state index contributed by atoms with van der Waals surface area (Å²) in [5.41, 5.74) is 4.45. The molecule has 4 rings (SSSR count). The van der Waals surface area contributed by atoms with Crippen LogP contribution in [0.2, 0.25) is 0 Å². The van der Waals surface area contributed by atoms with E-state index in [9.17, 15) is 4.39 Å². The second-order valence-electron chi connectivity index (χ2n) is 7.26. The highest BCUT2D eigenvalue weighted by Gasteiger charge is 2.09. The van der Waals surface area contributed by atoms with Crippen LogP contribution in [-0.2, 0) is 13.0 Å². The van der Waals surface area contributed by atoms with E-state index in [2.05, 4.69) is 25.6 Å². The predicted molar refractivity (Wildman–Crippen MR) is 120 cm³/mol. The maximum Gasteiger partial charge on any atom is 0.226 e. The minimum atomic E-state index is -0.291. The van der Waals surface area contributed by atoms with Gasteiger partial charge in [0.15, 0.2) is 5.96 Å². The average Bonchev–Trinajstić information content (AvgIpc) is 3.47. The maximum absolute atomic E-state index is 13.1. The Balaban J connectivity index is 1.25. The zero-order chi connectivity index (χ0) is 22.3. The van der Waals surface area contributed by atoms with Gasteiger partial charge in [-0.25, -0.2) is 14.4 Å². The van der Waals surface area contributed by atoms with Crippen molar-refractivity contribution in [2.75, 3.05) is 13.6 Å². The summed E-state index contributed by atoms with van der Waals surface area (Å²) < 4.78 is 24.2. The average molecular weight is 433 g/mol. The molecular formula is C24H24FN5O2. The standard InChI is InChI=1S/C24H24FN5O2/c1-16-3-5-17(6-4-16)23-30-21(15-32-23)13-28-24(26-2)27-12-11-20-14-31-22(29-20)18-7-9-19(25)10-8-18/h3-10,14-15H,11-13H2,1-2H3,(H2,26,27,28). The number of oxazole rings is 2. The molecule has 0 amide bonds. The van der Waals surface area contributed by atoms with Crippen molar-refractivity contribution in [2.45, 2.75) is 19.9 Å². The smallest absolute Gasteiger partial charge is 0.226 e. The van der Waals surface area contributed by atoms with Crippen LogP contribution in [0.4, 0.5) is 4.39 Å². The van der Waals surface area contributed by atoms with Crippen LogP contribution < -0.4 is 10.6 Å². The summed E-state index contributed by atoms with van der Waals surface area (Å²) in [6.07, 6.45) is 3.90. The molecule has 2 aromatic carbocycles. The van der Waals surface area contributed by atoms with Crippen molar-refractivity contribution in [2.24, 2.45) is 4.99 Å². The Labute approximate surface area is 185 Å². The van der Waals surface area contributed by atoms with Crippen LogP contribution in [0, 0.1) is 12.7 Å². The van der Waals surface area contributed by atoms with Crippen LogP contribution in [0.3, 0.4) is 0 Å². The van der Waals surface area contributed by atoms with Crippen LogP contribution >= 0.6 is 0 Å². The van der Waals surface area contributed by atoms with Crippen LogP contribution in [0.25, 0.3) is 22.9 Å². The minimum Gasteiger partial charge on any atom is -0.444 e. The molecule has 0 atom stereocenters. The van der Waals surface area contributed by atoms with Crippen molar-refractivity contribution >= 4 is 5.96 Å². The predicted octanol–water partition coefficient (Wildman–Crippen LogP) is 4.35. The Morgan fingerprint density at radius 2 is 1.47 bits per heavy atom. The molecule has 2 heterocycles. The first-order valence-corrected chi connectivity index (χ1v) is 10.3. The summed E-state index contributed by atoms with van der Waals surface area (Å²) in [7, 11) is 1.71. The molecule has 8 heteroatoms. The Morgan fingerprint density at radius 1 is 0.875 bits per heavy atom. The first-order chi connectivity index (χ1) is 15.6. The van der Waals surface area contributed by atoms with E-state index in [1.54, 1.807) is 31.7 Å². The largest absolute Gasteiger partial charge is 0.444 e. The van der Waals surface area contributed by atoms with Gasteiger partial charge >= 0.3 is 0 Å². The summed E-state index contributed by atoms with van der Waals surface area (Å²) in [6.45, 7) is 3.14. The molecule has 0 saturated carbocycles. The van der Waals surface area contributed by atoms with Crippen molar-refractivity contribution in [3.05, 3.63) is 83.8 Å². The van der Waals surface area contributed by atoms with Crippen molar-refractivity contribution < 1.29 is 13.2 Å². The molecule has 0 unspecified atom stereocenters. The van der Waals surface area contributed by atoms with Gasteiger partial charge in [-0.15, -0.1) is 0 Å². The first-order valence-electron chi connectivity index (χ1n) is 10.3. The highest BCUT2D eigenvalue weighted by molar-refractivity contribution is 5.79. The molecule has 7 nitrogen and oxygen atoms in total. The fourth-order valence-corrected chi connectivity index (χ4v) is 3.07. The zero-order valence-corrected chi connectivity index (χ0v) is 17.9. The lowest BCUT2D eigenvalue weighted by molar-refractivity contribution is 0.571. The monoisotopic (exact) mass is 433 g/mol. The third-order valence-corrected chi connectivity index (χ3v) is 4.83. The molecule has 0 bridgehead atoms. The van der Waals surface area contributed by atoms with Gasteiger partial charge in [-0.3, -0.25) is 4.99 Å². The number of nitrogens with zero attached hydrogens (tertiary/aromatic N) is 3. The maximum atomic E-state index is 13.1. The lowest BCUT2D eigenvalue weighted by Crippen LogP contribution is -2.37. The number of aryl methyl sites for hydroxylation is 1. The fourth-order valence-electron chi connectivity index (χ4n) is 3.07. The highest BCUT2D eigenvalue weighted by Crippen LogP contribution is 2.20. The van der Waals surface area contributed by atoms with Crippen molar-refractivity contribution in [1.29, 1.82) is 0 Å². The van der Waals surface area contributed by atoms with Crippen LogP contribution in [0.15, 0.2) is 74.9 Å². The Hall–Kier alpha value is -3.94. The third kappa shape index (κ3) is 5.40. The van der Waals surface area contributed by atoms with Crippen LogP contribution in [0.1, 0.15) is 17.0 Å².